The number of ether oxygens (including phenoxy) is 1. The maximum atomic E-state index is 12.5. The topological polar surface area (TPSA) is 38.8 Å². The third-order valence-electron chi connectivity index (χ3n) is 5.23. The summed E-state index contributed by atoms with van der Waals surface area (Å²) in [6.45, 7) is 10.4. The zero-order valence-corrected chi connectivity index (χ0v) is 17.4. The van der Waals surface area contributed by atoms with Gasteiger partial charge in [0, 0.05) is 12.8 Å². The molecule has 1 heterocycles. The summed E-state index contributed by atoms with van der Waals surface area (Å²) in [5, 5.41) is 2.03. The highest BCUT2D eigenvalue weighted by atomic mass is 16.7. The molecule has 0 aliphatic carbocycles. The van der Waals surface area contributed by atoms with Crippen LogP contribution in [0.5, 0.6) is 5.75 Å². The number of aryl methyl sites for hydroxylation is 1. The molecule has 0 aromatic heterocycles. The minimum Gasteiger partial charge on any atom is -0.459 e. The highest BCUT2D eigenvalue weighted by molar-refractivity contribution is 6.32. The second-order valence-electron chi connectivity index (χ2n) is 8.84. The van der Waals surface area contributed by atoms with E-state index >= 15 is 0 Å². The lowest BCUT2D eigenvalue weighted by Crippen LogP contribution is -2.63. The second kappa shape index (κ2) is 7.63. The van der Waals surface area contributed by atoms with Gasteiger partial charge in [0.25, 0.3) is 0 Å². The molecule has 2 aromatic carbocycles. The van der Waals surface area contributed by atoms with E-state index in [4.69, 9.17) is 17.4 Å². The van der Waals surface area contributed by atoms with Crippen molar-refractivity contribution in [2.24, 2.45) is 0 Å². The molecule has 0 unspecified atom stereocenters. The predicted octanol–water partition coefficient (Wildman–Crippen LogP) is 3.96. The lowest BCUT2D eigenvalue weighted by Gasteiger charge is -2.53. The summed E-state index contributed by atoms with van der Waals surface area (Å²) in [6, 6.07) is 14.8. The molecule has 0 bridgehead atoms. The fourth-order valence-electron chi connectivity index (χ4n) is 4.17. The van der Waals surface area contributed by atoms with Gasteiger partial charge in [-0.25, -0.2) is 4.79 Å². The van der Waals surface area contributed by atoms with E-state index in [0.29, 0.717) is 18.4 Å². The molecule has 146 valence electrons. The molecular weight excluding hydrogens is 349 g/mol. The van der Waals surface area contributed by atoms with Crippen LogP contribution in [-0.4, -0.2) is 36.1 Å². The highest BCUT2D eigenvalue weighted by Gasteiger charge is 2.48. The van der Waals surface area contributed by atoms with Gasteiger partial charge in [-0.2, -0.15) is 0 Å². The van der Waals surface area contributed by atoms with E-state index in [2.05, 4.69) is 27.7 Å². The lowest BCUT2D eigenvalue weighted by atomic mass is 9.80. The van der Waals surface area contributed by atoms with Crippen LogP contribution in [0.2, 0.25) is 0 Å². The van der Waals surface area contributed by atoms with Crippen LogP contribution in [0.25, 0.3) is 0 Å². The van der Waals surface area contributed by atoms with Crippen LogP contribution in [0.3, 0.4) is 0 Å². The first-order valence-electron chi connectivity index (χ1n) is 9.69. The van der Waals surface area contributed by atoms with E-state index in [9.17, 15) is 4.79 Å². The van der Waals surface area contributed by atoms with Gasteiger partial charge in [0.2, 0.25) is 0 Å². The molecule has 0 spiro atoms. The standard InChI is InChI=1S/C23H28BNO3/c1-16-13-18(24)11-12-20(16)28-25-22(2,3)14-19(15-23(25,4)5)27-21(26)17-9-7-6-8-10-17/h6-13,19H,14-15H2,1-5H3. The summed E-state index contributed by atoms with van der Waals surface area (Å²) >= 11 is 0. The van der Waals surface area contributed by atoms with Gasteiger partial charge in [-0.05, 0) is 58.4 Å². The largest absolute Gasteiger partial charge is 0.459 e. The van der Waals surface area contributed by atoms with Gasteiger partial charge in [-0.15, -0.1) is 5.06 Å². The van der Waals surface area contributed by atoms with Crippen LogP contribution >= 0.6 is 0 Å². The van der Waals surface area contributed by atoms with Gasteiger partial charge in [0.1, 0.15) is 19.7 Å². The Morgan fingerprint density at radius 1 is 1.04 bits per heavy atom. The number of hydrogen-bond donors (Lipinski definition) is 0. The van der Waals surface area contributed by atoms with Crippen LogP contribution in [0.4, 0.5) is 0 Å². The first-order valence-corrected chi connectivity index (χ1v) is 9.69. The maximum Gasteiger partial charge on any atom is 0.338 e. The van der Waals surface area contributed by atoms with Crippen LogP contribution in [-0.2, 0) is 4.74 Å². The number of benzene rings is 2. The minimum absolute atomic E-state index is 0.176. The minimum atomic E-state index is -0.322. The smallest absolute Gasteiger partial charge is 0.338 e. The van der Waals surface area contributed by atoms with Crippen molar-refractivity contribution in [3.05, 3.63) is 59.7 Å². The summed E-state index contributed by atoms with van der Waals surface area (Å²) in [5.41, 5.74) is 1.64. The Morgan fingerprint density at radius 3 is 2.21 bits per heavy atom. The van der Waals surface area contributed by atoms with Gasteiger partial charge >= 0.3 is 5.97 Å². The molecule has 3 rings (SSSR count). The van der Waals surface area contributed by atoms with Crippen molar-refractivity contribution in [2.75, 3.05) is 0 Å². The van der Waals surface area contributed by atoms with Gasteiger partial charge in [-0.3, -0.25) is 0 Å². The molecule has 1 fully saturated rings. The zero-order valence-electron chi connectivity index (χ0n) is 17.4. The molecular formula is C23H28BNO3. The van der Waals surface area contributed by atoms with E-state index in [1.54, 1.807) is 12.1 Å². The Hall–Kier alpha value is -2.27. The Morgan fingerprint density at radius 2 is 1.64 bits per heavy atom. The number of carbonyl (C=O) groups excluding carboxylic acids is 1. The number of esters is 1. The number of carbonyl (C=O) groups is 1. The van der Waals surface area contributed by atoms with Crippen LogP contribution < -0.4 is 10.3 Å². The normalized spacial score (nSPS) is 19.2. The van der Waals surface area contributed by atoms with Crippen molar-refractivity contribution >= 4 is 19.3 Å². The van der Waals surface area contributed by atoms with Gasteiger partial charge in [-0.1, -0.05) is 35.8 Å². The second-order valence-corrected chi connectivity index (χ2v) is 8.84. The summed E-state index contributed by atoms with van der Waals surface area (Å²) in [4.78, 5) is 18.9. The van der Waals surface area contributed by atoms with E-state index < -0.39 is 0 Å². The van der Waals surface area contributed by atoms with Gasteiger partial charge in [0.15, 0.2) is 0 Å². The Kier molecular flexibility index (Phi) is 5.58. The molecule has 0 amide bonds. The first-order chi connectivity index (χ1) is 13.1. The molecule has 0 saturated carbocycles. The summed E-state index contributed by atoms with van der Waals surface area (Å²) in [6.07, 6.45) is 1.19. The maximum absolute atomic E-state index is 12.5. The van der Waals surface area contributed by atoms with Crippen molar-refractivity contribution in [3.8, 4) is 5.75 Å². The summed E-state index contributed by atoms with van der Waals surface area (Å²) in [5.74, 6) is 0.510. The monoisotopic (exact) mass is 377 g/mol. The van der Waals surface area contributed by atoms with Crippen LogP contribution in [0.1, 0.15) is 56.5 Å². The number of hydrogen-bond acceptors (Lipinski definition) is 4. The van der Waals surface area contributed by atoms with Crippen LogP contribution in [0.15, 0.2) is 48.5 Å². The third kappa shape index (κ3) is 4.41. The van der Waals surface area contributed by atoms with Gasteiger partial charge in [0.05, 0.1) is 16.6 Å². The third-order valence-corrected chi connectivity index (χ3v) is 5.23. The SMILES string of the molecule is [B]c1ccc(ON2C(C)(C)CC(OC(=O)c3ccccc3)CC2(C)C)c(C)c1. The van der Waals surface area contributed by atoms with Crippen molar-refractivity contribution < 1.29 is 14.4 Å². The van der Waals surface area contributed by atoms with Crippen molar-refractivity contribution in [2.45, 2.75) is 64.6 Å². The molecule has 2 radical (unpaired) electrons. The fraction of sp³-hybridized carbons (Fsp3) is 0.435. The molecule has 1 aliphatic rings. The van der Waals surface area contributed by atoms with E-state index in [-0.39, 0.29) is 23.2 Å². The highest BCUT2D eigenvalue weighted by Crippen LogP contribution is 2.40. The quantitative estimate of drug-likeness (QED) is 0.597. The Bertz CT molecular complexity index is 830. The number of piperidine rings is 1. The summed E-state index contributed by atoms with van der Waals surface area (Å²) < 4.78 is 5.85. The molecule has 28 heavy (non-hydrogen) atoms. The Labute approximate surface area is 169 Å². The van der Waals surface area contributed by atoms with E-state index in [0.717, 1.165) is 16.8 Å². The van der Waals surface area contributed by atoms with Crippen molar-refractivity contribution in [1.29, 1.82) is 0 Å². The number of hydroxylamine groups is 2. The molecule has 1 saturated heterocycles. The summed E-state index contributed by atoms with van der Waals surface area (Å²) in [7, 11) is 5.86. The molecule has 0 N–H and O–H groups in total. The van der Waals surface area contributed by atoms with Gasteiger partial charge < -0.3 is 9.57 Å². The molecule has 1 aliphatic heterocycles. The van der Waals surface area contributed by atoms with E-state index in [1.807, 2.05) is 48.4 Å². The molecule has 0 atom stereocenters. The molecule has 2 aromatic rings. The Balaban J connectivity index is 1.76. The average molecular weight is 377 g/mol. The average Bonchev–Trinajstić information content (AvgIpc) is 2.59. The van der Waals surface area contributed by atoms with E-state index in [1.165, 1.54) is 0 Å². The van der Waals surface area contributed by atoms with Crippen molar-refractivity contribution in [1.82, 2.24) is 5.06 Å². The fourth-order valence-corrected chi connectivity index (χ4v) is 4.17. The zero-order chi connectivity index (χ0) is 20.5. The van der Waals surface area contributed by atoms with Crippen molar-refractivity contribution in [3.63, 3.8) is 0 Å². The number of rotatable bonds is 4. The molecule has 4 nitrogen and oxygen atoms in total. The number of nitrogens with zero attached hydrogens (tertiary/aromatic N) is 1. The lowest BCUT2D eigenvalue weighted by molar-refractivity contribution is -0.234. The van der Waals surface area contributed by atoms with Crippen LogP contribution in [0, 0.1) is 6.92 Å². The first kappa shape index (κ1) is 20.5. The predicted molar refractivity (Wildman–Crippen MR) is 112 cm³/mol. The molecule has 5 heteroatoms.